The monoisotopic (exact) mass is 487 g/mol. The Morgan fingerprint density at radius 2 is 1.84 bits per heavy atom. The lowest BCUT2D eigenvalue weighted by Gasteiger charge is -2.30. The number of Topliss-reactive ketones (excluding diaryl/α,β-unsaturated/α-hetero) is 1. The minimum absolute atomic E-state index is 0. The molecule has 2 rings (SSSR count). The third-order valence-electron chi connectivity index (χ3n) is 4.67. The van der Waals surface area contributed by atoms with Gasteiger partial charge in [-0.2, -0.15) is 0 Å². The van der Waals surface area contributed by atoms with Crippen molar-refractivity contribution in [2.24, 2.45) is 5.73 Å². The first-order valence-corrected chi connectivity index (χ1v) is 9.61. The number of carbonyl (C=O) groups excluding carboxylic acids is 3. The molecule has 2 aromatic rings. The first-order chi connectivity index (χ1) is 14.6. The lowest BCUT2D eigenvalue weighted by Crippen LogP contribution is -2.55. The fraction of sp³-hybridized carbons (Fsp3) is 0.286. The number of nitrogens with two attached hydrogens (primary N) is 1. The van der Waals surface area contributed by atoms with Crippen LogP contribution in [0.25, 0.3) is 0 Å². The second-order valence-electron chi connectivity index (χ2n) is 6.85. The Morgan fingerprint density at radius 1 is 1.22 bits per heavy atom. The summed E-state index contributed by atoms with van der Waals surface area (Å²) in [5, 5.41) is 30.4. The molecule has 32 heavy (non-hydrogen) atoms. The molecule has 8 nitrogen and oxygen atoms in total. The molecule has 0 radical (unpaired) electrons. The lowest BCUT2D eigenvalue weighted by molar-refractivity contribution is -0.306. The fourth-order valence-electron chi connectivity index (χ4n) is 3.00. The molecule has 0 aliphatic rings. The molecule has 174 valence electrons. The van der Waals surface area contributed by atoms with E-state index in [1.54, 1.807) is 0 Å². The molecule has 1 amide bonds. The highest BCUT2D eigenvalue weighted by Crippen LogP contribution is 2.33. The number of carbonyl (C=O) groups is 3. The van der Waals surface area contributed by atoms with E-state index in [4.69, 9.17) is 17.3 Å². The van der Waals surface area contributed by atoms with Crippen molar-refractivity contribution in [3.8, 4) is 0 Å². The highest BCUT2D eigenvalue weighted by Gasteiger charge is 2.30. The summed E-state index contributed by atoms with van der Waals surface area (Å²) in [6.07, 6.45) is -1.43. The molecule has 0 saturated heterocycles. The average molecular weight is 488 g/mol. The Balaban J connectivity index is 0.00000512. The predicted octanol–water partition coefficient (Wildman–Crippen LogP) is 0.651. The van der Waals surface area contributed by atoms with Crippen molar-refractivity contribution < 1.29 is 34.1 Å². The summed E-state index contributed by atoms with van der Waals surface area (Å²) in [4.78, 5) is 37.6. The van der Waals surface area contributed by atoms with Gasteiger partial charge in [0.1, 0.15) is 11.9 Å². The number of nitrogens with zero attached hydrogens (tertiary/aromatic N) is 1. The Morgan fingerprint density at radius 3 is 2.41 bits per heavy atom. The van der Waals surface area contributed by atoms with Crippen LogP contribution in [-0.2, 0) is 9.59 Å². The van der Waals surface area contributed by atoms with Crippen LogP contribution >= 0.6 is 24.0 Å². The summed E-state index contributed by atoms with van der Waals surface area (Å²) in [5.74, 6) is -5.33. The zero-order valence-corrected chi connectivity index (χ0v) is 18.5. The molecule has 0 aliphatic carbocycles. The van der Waals surface area contributed by atoms with Crippen molar-refractivity contribution in [2.75, 3.05) is 18.1 Å². The van der Waals surface area contributed by atoms with Crippen molar-refractivity contribution in [1.82, 2.24) is 0 Å². The van der Waals surface area contributed by atoms with E-state index in [0.29, 0.717) is 0 Å². The first-order valence-electron chi connectivity index (χ1n) is 9.23. The van der Waals surface area contributed by atoms with Crippen LogP contribution in [-0.4, -0.2) is 53.2 Å². The van der Waals surface area contributed by atoms with E-state index in [2.05, 4.69) is 0 Å². The van der Waals surface area contributed by atoms with Gasteiger partial charge in [0.25, 0.3) is 0 Å². The van der Waals surface area contributed by atoms with Crippen LogP contribution < -0.4 is 15.7 Å². The van der Waals surface area contributed by atoms with Gasteiger partial charge in [0.15, 0.2) is 5.78 Å². The molecule has 0 saturated carbocycles. The zero-order chi connectivity index (χ0) is 23.3. The van der Waals surface area contributed by atoms with Gasteiger partial charge in [-0.25, -0.2) is 4.39 Å². The first kappa shape index (κ1) is 27.5. The maximum atomic E-state index is 14.1. The summed E-state index contributed by atoms with van der Waals surface area (Å²) in [7, 11) is 0. The van der Waals surface area contributed by atoms with E-state index in [1.165, 1.54) is 43.3 Å². The van der Waals surface area contributed by atoms with Crippen LogP contribution in [0.4, 0.5) is 10.1 Å². The number of anilines is 1. The summed E-state index contributed by atoms with van der Waals surface area (Å²) in [6.45, 7) is 0.219. The predicted molar refractivity (Wildman–Crippen MR) is 116 cm³/mol. The molecular weight excluding hydrogens is 466 g/mol. The maximum Gasteiger partial charge on any atom is 0.249 e. The number of carboxylic acid groups (broad SMARTS) is 1. The normalized spacial score (nSPS) is 13.4. The number of aliphatic hydroxyl groups excluding tert-OH is 2. The number of rotatable bonds is 9. The van der Waals surface area contributed by atoms with Crippen LogP contribution in [0.5, 0.6) is 0 Å². The van der Waals surface area contributed by atoms with Crippen molar-refractivity contribution in [3.05, 3.63) is 64.4 Å². The number of amides is 1. The molecule has 0 aliphatic heterocycles. The number of benzene rings is 2. The Bertz CT molecular complexity index is 991. The molecule has 3 unspecified atom stereocenters. The van der Waals surface area contributed by atoms with Crippen molar-refractivity contribution in [3.63, 3.8) is 0 Å². The second-order valence-corrected chi connectivity index (χ2v) is 7.29. The molecular formula is C21H22Cl2FN2O6-. The zero-order valence-electron chi connectivity index (χ0n) is 16.9. The molecule has 0 heterocycles. The number of aliphatic carboxylic acids is 1. The van der Waals surface area contributed by atoms with Crippen LogP contribution in [0.1, 0.15) is 28.8 Å². The topological polar surface area (TPSA) is 144 Å². The van der Waals surface area contributed by atoms with Gasteiger partial charge in [0, 0.05) is 16.6 Å². The third kappa shape index (κ3) is 6.24. The standard InChI is InChI=1S/C21H22ClFN2O6.ClH/c1-11(19(28)14-4-2-3-5-16(14)23)15-8-12(22)6-7-17(15)25(9-13(27)10-26)20(29)18(24)21(30)31;/h2-8,11,13,18,26-27H,9-10,24H2,1H3,(H,30,31);1H/p-1. The SMILES string of the molecule is CC(C(=O)c1ccccc1F)c1cc(Cl)ccc1N(CC(O)CO)C(=O)C(N)C(=O)[O-].Cl. The average Bonchev–Trinajstić information content (AvgIpc) is 2.75. The fourth-order valence-corrected chi connectivity index (χ4v) is 3.18. The van der Waals surface area contributed by atoms with Gasteiger partial charge in [-0.1, -0.05) is 30.7 Å². The second kappa shape index (κ2) is 11.9. The van der Waals surface area contributed by atoms with Gasteiger partial charge in [-0.15, -0.1) is 12.4 Å². The molecule has 0 aromatic heterocycles. The number of ketones is 1. The van der Waals surface area contributed by atoms with Crippen molar-refractivity contribution in [2.45, 2.75) is 25.0 Å². The van der Waals surface area contributed by atoms with Gasteiger partial charge >= 0.3 is 0 Å². The van der Waals surface area contributed by atoms with Gasteiger partial charge < -0.3 is 30.7 Å². The Kier molecular flexibility index (Phi) is 10.2. The largest absolute Gasteiger partial charge is 0.548 e. The van der Waals surface area contributed by atoms with Crippen molar-refractivity contribution in [1.29, 1.82) is 0 Å². The van der Waals surface area contributed by atoms with E-state index in [-0.39, 0.29) is 34.2 Å². The number of aliphatic hydroxyl groups is 2. The van der Waals surface area contributed by atoms with E-state index >= 15 is 0 Å². The number of carboxylic acids is 1. The highest BCUT2D eigenvalue weighted by molar-refractivity contribution is 6.30. The molecule has 4 N–H and O–H groups in total. The summed E-state index contributed by atoms with van der Waals surface area (Å²) < 4.78 is 14.1. The van der Waals surface area contributed by atoms with Gasteiger partial charge in [0.05, 0.1) is 30.8 Å². The van der Waals surface area contributed by atoms with E-state index in [0.717, 1.165) is 11.0 Å². The van der Waals surface area contributed by atoms with E-state index in [1.807, 2.05) is 0 Å². The van der Waals surface area contributed by atoms with Gasteiger partial charge in [0.2, 0.25) is 5.91 Å². The van der Waals surface area contributed by atoms with Gasteiger partial charge in [-0.05, 0) is 35.9 Å². The van der Waals surface area contributed by atoms with E-state index in [9.17, 15) is 34.1 Å². The number of halogens is 3. The minimum atomic E-state index is -2.06. The molecule has 0 fully saturated rings. The number of hydrogen-bond acceptors (Lipinski definition) is 7. The van der Waals surface area contributed by atoms with Gasteiger partial charge in [-0.3, -0.25) is 9.59 Å². The third-order valence-corrected chi connectivity index (χ3v) is 4.90. The maximum absolute atomic E-state index is 14.1. The summed E-state index contributed by atoms with van der Waals surface area (Å²) >= 11 is 6.07. The molecule has 0 spiro atoms. The van der Waals surface area contributed by atoms with Crippen LogP contribution in [0.3, 0.4) is 0 Å². The molecule has 0 bridgehead atoms. The summed E-state index contributed by atoms with van der Waals surface area (Å²) in [5.41, 5.74) is 5.42. The Labute approximate surface area is 194 Å². The molecule has 3 atom stereocenters. The smallest absolute Gasteiger partial charge is 0.249 e. The van der Waals surface area contributed by atoms with Crippen LogP contribution in [0.2, 0.25) is 5.02 Å². The molecule has 11 heteroatoms. The van der Waals surface area contributed by atoms with E-state index < -0.39 is 54.7 Å². The van der Waals surface area contributed by atoms with Crippen molar-refractivity contribution >= 4 is 47.4 Å². The quantitative estimate of drug-likeness (QED) is 0.347. The number of hydrogen-bond donors (Lipinski definition) is 3. The highest BCUT2D eigenvalue weighted by atomic mass is 35.5. The minimum Gasteiger partial charge on any atom is -0.548 e. The lowest BCUT2D eigenvalue weighted by atomic mass is 9.90. The Hall–Kier alpha value is -2.56. The van der Waals surface area contributed by atoms with Crippen LogP contribution in [0.15, 0.2) is 42.5 Å². The van der Waals surface area contributed by atoms with Crippen LogP contribution in [0, 0.1) is 5.82 Å². The summed E-state index contributed by atoms with van der Waals surface area (Å²) in [6, 6.07) is 7.40. The molecule has 2 aromatic carbocycles.